The first-order valence-electron chi connectivity index (χ1n) is 12.3. The number of amides is 1. The van der Waals surface area contributed by atoms with E-state index in [0.717, 1.165) is 55.5 Å². The molecule has 11 nitrogen and oxygen atoms in total. The predicted molar refractivity (Wildman–Crippen MR) is 134 cm³/mol. The molecular weight excluding hydrogens is 462 g/mol. The maximum absolute atomic E-state index is 11.3. The smallest absolute Gasteiger partial charge is 0.257 e. The topological polar surface area (TPSA) is 124 Å². The number of anilines is 2. The molecule has 0 bridgehead atoms. The zero-order valence-corrected chi connectivity index (χ0v) is 20.4. The molecule has 1 aliphatic carbocycles. The summed E-state index contributed by atoms with van der Waals surface area (Å²) in [6.45, 7) is 2.96. The number of aromatic nitrogens is 4. The van der Waals surface area contributed by atoms with Gasteiger partial charge in [-0.1, -0.05) is 0 Å². The Morgan fingerprint density at radius 1 is 1.14 bits per heavy atom. The summed E-state index contributed by atoms with van der Waals surface area (Å²) in [6, 6.07) is 6.22. The number of ether oxygens (including phenoxy) is 3. The fourth-order valence-electron chi connectivity index (χ4n) is 4.43. The van der Waals surface area contributed by atoms with Crippen molar-refractivity contribution in [3.8, 4) is 11.6 Å². The lowest BCUT2D eigenvalue weighted by Crippen LogP contribution is -2.37. The number of carbonyl (C=O) groups is 1. The molecule has 0 unspecified atom stereocenters. The van der Waals surface area contributed by atoms with Crippen molar-refractivity contribution in [1.82, 2.24) is 25.3 Å². The van der Waals surface area contributed by atoms with Crippen molar-refractivity contribution >= 4 is 28.6 Å². The lowest BCUT2D eigenvalue weighted by atomic mass is 9.93. The maximum Gasteiger partial charge on any atom is 0.257 e. The second-order valence-electron chi connectivity index (χ2n) is 8.90. The van der Waals surface area contributed by atoms with Crippen LogP contribution in [0, 0.1) is 0 Å². The molecule has 1 saturated carbocycles. The fraction of sp³-hybridized carbons (Fsp3) is 0.480. The summed E-state index contributed by atoms with van der Waals surface area (Å²) in [7, 11) is 1.56. The van der Waals surface area contributed by atoms with E-state index in [1.54, 1.807) is 25.6 Å². The van der Waals surface area contributed by atoms with Crippen LogP contribution in [-0.4, -0.2) is 77.9 Å². The van der Waals surface area contributed by atoms with E-state index in [-0.39, 0.29) is 24.7 Å². The van der Waals surface area contributed by atoms with E-state index in [1.165, 1.54) is 0 Å². The number of rotatable bonds is 8. The normalized spacial score (nSPS) is 20.1. The Labute approximate surface area is 209 Å². The fourth-order valence-corrected chi connectivity index (χ4v) is 4.43. The van der Waals surface area contributed by atoms with Crippen LogP contribution in [0.25, 0.3) is 10.9 Å². The molecule has 5 rings (SSSR count). The van der Waals surface area contributed by atoms with Crippen molar-refractivity contribution in [1.29, 1.82) is 0 Å². The molecule has 1 aliphatic heterocycles. The summed E-state index contributed by atoms with van der Waals surface area (Å²) in [6.07, 6.45) is 8.69. The van der Waals surface area contributed by atoms with Crippen LogP contribution in [0.2, 0.25) is 0 Å². The molecule has 2 fully saturated rings. The Bertz CT molecular complexity index is 1160. The minimum absolute atomic E-state index is 0.0633. The van der Waals surface area contributed by atoms with Gasteiger partial charge in [-0.2, -0.15) is 4.98 Å². The zero-order chi connectivity index (χ0) is 24.7. The van der Waals surface area contributed by atoms with Gasteiger partial charge in [0.15, 0.2) is 12.4 Å². The van der Waals surface area contributed by atoms with Crippen LogP contribution in [0.3, 0.4) is 0 Å². The van der Waals surface area contributed by atoms with Crippen molar-refractivity contribution in [2.24, 2.45) is 0 Å². The van der Waals surface area contributed by atoms with Crippen molar-refractivity contribution in [2.75, 3.05) is 50.2 Å². The molecule has 0 atom stereocenters. The van der Waals surface area contributed by atoms with Crippen LogP contribution < -0.4 is 25.0 Å². The lowest BCUT2D eigenvalue weighted by Gasteiger charge is -2.31. The van der Waals surface area contributed by atoms with Gasteiger partial charge in [0.05, 0.1) is 36.5 Å². The van der Waals surface area contributed by atoms with Crippen molar-refractivity contribution in [2.45, 2.75) is 37.8 Å². The van der Waals surface area contributed by atoms with Crippen LogP contribution in [-0.2, 0) is 9.53 Å². The first kappa shape index (κ1) is 24.0. The molecule has 4 heterocycles. The summed E-state index contributed by atoms with van der Waals surface area (Å²) in [4.78, 5) is 31.6. The van der Waals surface area contributed by atoms with Crippen LogP contribution in [0.4, 0.5) is 11.8 Å². The molecule has 1 saturated heterocycles. The highest BCUT2D eigenvalue weighted by Crippen LogP contribution is 2.31. The van der Waals surface area contributed by atoms with E-state index >= 15 is 0 Å². The number of hydrogen-bond donors (Lipinski definition) is 2. The van der Waals surface area contributed by atoms with E-state index in [1.807, 2.05) is 18.2 Å². The van der Waals surface area contributed by atoms with E-state index in [4.69, 9.17) is 19.2 Å². The van der Waals surface area contributed by atoms with Crippen LogP contribution in [0.5, 0.6) is 11.6 Å². The van der Waals surface area contributed by atoms with Crippen LogP contribution in [0.1, 0.15) is 25.7 Å². The van der Waals surface area contributed by atoms with E-state index in [9.17, 15) is 4.79 Å². The molecule has 11 heteroatoms. The molecule has 0 radical (unpaired) electrons. The first-order chi connectivity index (χ1) is 17.7. The minimum atomic E-state index is -0.205. The van der Waals surface area contributed by atoms with E-state index in [0.29, 0.717) is 30.8 Å². The number of pyridine rings is 2. The zero-order valence-electron chi connectivity index (χ0n) is 20.4. The van der Waals surface area contributed by atoms with Crippen molar-refractivity contribution in [3.05, 3.63) is 36.8 Å². The molecule has 0 aromatic carbocycles. The van der Waals surface area contributed by atoms with Gasteiger partial charge in [0.25, 0.3) is 5.91 Å². The highest BCUT2D eigenvalue weighted by atomic mass is 16.5. The Morgan fingerprint density at radius 2 is 1.92 bits per heavy atom. The van der Waals surface area contributed by atoms with Gasteiger partial charge in [0.1, 0.15) is 11.9 Å². The first-order valence-corrected chi connectivity index (χ1v) is 12.3. The van der Waals surface area contributed by atoms with E-state index in [2.05, 4.69) is 30.5 Å². The monoisotopic (exact) mass is 493 g/mol. The summed E-state index contributed by atoms with van der Waals surface area (Å²) in [5, 5.41) is 6.83. The lowest BCUT2D eigenvalue weighted by molar-refractivity contribution is -0.122. The van der Waals surface area contributed by atoms with E-state index < -0.39 is 0 Å². The predicted octanol–water partition coefficient (Wildman–Crippen LogP) is 2.18. The maximum atomic E-state index is 11.3. The highest BCUT2D eigenvalue weighted by Gasteiger charge is 2.25. The SMILES string of the molecule is CNC(=O)COc1cnc(N[C@H]2CC[C@@H](Oc3nc(N4CCOCC4)cc4ncccc34)CC2)nc1. The number of morpholine rings is 1. The summed E-state index contributed by atoms with van der Waals surface area (Å²) < 4.78 is 17.3. The third-order valence-electron chi connectivity index (χ3n) is 6.45. The van der Waals surface area contributed by atoms with Gasteiger partial charge in [-0.15, -0.1) is 0 Å². The second kappa shape index (κ2) is 11.3. The molecule has 3 aromatic rings. The molecule has 3 aromatic heterocycles. The van der Waals surface area contributed by atoms with Crippen molar-refractivity contribution < 1.29 is 19.0 Å². The van der Waals surface area contributed by atoms with Gasteiger partial charge >= 0.3 is 0 Å². The van der Waals surface area contributed by atoms with Crippen LogP contribution in [0.15, 0.2) is 36.8 Å². The summed E-state index contributed by atoms with van der Waals surface area (Å²) >= 11 is 0. The average molecular weight is 494 g/mol. The molecular formula is C25H31N7O4. The molecule has 190 valence electrons. The Hall–Kier alpha value is -3.73. The molecule has 2 N–H and O–H groups in total. The van der Waals surface area contributed by atoms with Gasteiger partial charge in [0, 0.05) is 38.4 Å². The minimum Gasteiger partial charge on any atom is -0.481 e. The highest BCUT2D eigenvalue weighted by molar-refractivity contribution is 5.85. The number of nitrogens with zero attached hydrogens (tertiary/aromatic N) is 5. The molecule has 0 spiro atoms. The Kier molecular flexibility index (Phi) is 7.55. The summed E-state index contributed by atoms with van der Waals surface area (Å²) in [5.41, 5.74) is 0.888. The summed E-state index contributed by atoms with van der Waals surface area (Å²) in [5.74, 6) is 2.32. The quantitative estimate of drug-likeness (QED) is 0.483. The van der Waals surface area contributed by atoms with Gasteiger partial charge < -0.3 is 29.7 Å². The van der Waals surface area contributed by atoms with Gasteiger partial charge in [-0.05, 0) is 37.8 Å². The second-order valence-corrected chi connectivity index (χ2v) is 8.90. The van der Waals surface area contributed by atoms with Crippen LogP contribution >= 0.6 is 0 Å². The largest absolute Gasteiger partial charge is 0.481 e. The van der Waals surface area contributed by atoms with Gasteiger partial charge in [-0.3, -0.25) is 9.78 Å². The third kappa shape index (κ3) is 5.91. The van der Waals surface area contributed by atoms with Gasteiger partial charge in [-0.25, -0.2) is 9.97 Å². The van der Waals surface area contributed by atoms with Gasteiger partial charge in [0.2, 0.25) is 11.8 Å². The Morgan fingerprint density at radius 3 is 2.67 bits per heavy atom. The third-order valence-corrected chi connectivity index (χ3v) is 6.45. The number of nitrogens with one attached hydrogen (secondary N) is 2. The van der Waals surface area contributed by atoms with Crippen molar-refractivity contribution in [3.63, 3.8) is 0 Å². The number of likely N-dealkylation sites (N-methyl/N-ethyl adjacent to an activating group) is 1. The molecule has 36 heavy (non-hydrogen) atoms. The average Bonchev–Trinajstić information content (AvgIpc) is 2.94. The standard InChI is InChI=1S/C25H31N7O4/c1-26-23(33)16-35-19-14-28-25(29-15-19)30-17-4-6-18(7-5-17)36-24-20-3-2-8-27-21(20)13-22(31-24)32-9-11-34-12-10-32/h2-3,8,13-15,17-18H,4-7,9-12,16H2,1H3,(H,26,33)(H,28,29,30)/t17-,18+. The number of fused-ring (bicyclic) bond motifs is 1. The molecule has 1 amide bonds. The molecule has 2 aliphatic rings. The number of carbonyl (C=O) groups excluding carboxylic acids is 1. The Balaban J connectivity index is 1.18. The number of hydrogen-bond acceptors (Lipinski definition) is 10.